The molecule has 1 aromatic heterocycles. The number of carbonyl (C=O) groups excluding carboxylic acids is 1. The summed E-state index contributed by atoms with van der Waals surface area (Å²) in [6.07, 6.45) is 1.24. The first-order valence-corrected chi connectivity index (χ1v) is 5.93. The summed E-state index contributed by atoms with van der Waals surface area (Å²) >= 11 is 0. The highest BCUT2D eigenvalue weighted by Crippen LogP contribution is 2.24. The minimum atomic E-state index is -0.598. The third-order valence-electron chi connectivity index (χ3n) is 2.68. The molecule has 20 heavy (non-hydrogen) atoms. The molecule has 0 spiro atoms. The summed E-state index contributed by atoms with van der Waals surface area (Å²) in [6.45, 7) is 1.90. The molecule has 2 N–H and O–H groups in total. The van der Waals surface area contributed by atoms with Crippen LogP contribution < -0.4 is 10.5 Å². The number of anilines is 1. The van der Waals surface area contributed by atoms with E-state index in [1.165, 1.54) is 31.5 Å². The number of aromatic nitrogens is 2. The maximum absolute atomic E-state index is 13.8. The fourth-order valence-electron chi connectivity index (χ4n) is 1.70. The van der Waals surface area contributed by atoms with Crippen molar-refractivity contribution >= 4 is 11.8 Å². The molecule has 0 unspecified atom stereocenters. The number of carbonyl (C=O) groups is 1. The Hall–Kier alpha value is -2.57. The molecule has 0 aliphatic carbocycles. The van der Waals surface area contributed by atoms with E-state index < -0.39 is 11.8 Å². The average molecular weight is 279 g/mol. The van der Waals surface area contributed by atoms with Gasteiger partial charge in [0, 0.05) is 6.07 Å². The van der Waals surface area contributed by atoms with Crippen molar-refractivity contribution in [2.75, 3.05) is 19.5 Å². The molecule has 0 aliphatic heterocycles. The number of nitrogen functional groups attached to an aromatic ring is 1. The molecule has 0 radical (unpaired) electrons. The molecule has 0 fully saturated rings. The molecule has 0 aliphatic rings. The summed E-state index contributed by atoms with van der Waals surface area (Å²) in [7, 11) is 1.47. The largest absolute Gasteiger partial charge is 0.497 e. The Labute approximate surface area is 114 Å². The number of esters is 1. The van der Waals surface area contributed by atoms with Crippen molar-refractivity contribution in [1.29, 1.82) is 0 Å². The highest BCUT2D eigenvalue weighted by molar-refractivity contribution is 5.94. The van der Waals surface area contributed by atoms with Crippen molar-refractivity contribution in [3.63, 3.8) is 0 Å². The second-order valence-electron chi connectivity index (χ2n) is 3.89. The van der Waals surface area contributed by atoms with Gasteiger partial charge < -0.3 is 15.2 Å². The van der Waals surface area contributed by atoms with Gasteiger partial charge in [0.25, 0.3) is 0 Å². The van der Waals surface area contributed by atoms with Gasteiger partial charge in [-0.3, -0.25) is 0 Å². The van der Waals surface area contributed by atoms with Gasteiger partial charge in [-0.2, -0.15) is 5.10 Å². The third-order valence-corrected chi connectivity index (χ3v) is 2.68. The Morgan fingerprint density at radius 1 is 1.50 bits per heavy atom. The minimum absolute atomic E-state index is 0.00982. The van der Waals surface area contributed by atoms with Crippen molar-refractivity contribution in [3.05, 3.63) is 35.8 Å². The normalized spacial score (nSPS) is 10.3. The zero-order valence-corrected chi connectivity index (χ0v) is 11.1. The summed E-state index contributed by atoms with van der Waals surface area (Å²) < 4.78 is 24.8. The van der Waals surface area contributed by atoms with Gasteiger partial charge in [0.2, 0.25) is 0 Å². The number of nitrogens with zero attached hydrogens (tertiary/aromatic N) is 2. The van der Waals surface area contributed by atoms with E-state index in [1.54, 1.807) is 6.92 Å². The molecule has 1 aromatic carbocycles. The summed E-state index contributed by atoms with van der Waals surface area (Å²) in [4.78, 5) is 11.6. The molecule has 2 aromatic rings. The SMILES string of the molecule is CCOC(=O)c1cnn(-c2cc(OC)ccc2F)c1N. The molecule has 0 saturated heterocycles. The maximum atomic E-state index is 13.8. The number of halogens is 1. The van der Waals surface area contributed by atoms with Gasteiger partial charge in [-0.15, -0.1) is 0 Å². The third kappa shape index (κ3) is 2.42. The number of benzene rings is 1. The molecule has 7 heteroatoms. The monoisotopic (exact) mass is 279 g/mol. The predicted octanol–water partition coefficient (Wildman–Crippen LogP) is 1.78. The predicted molar refractivity (Wildman–Crippen MR) is 70.4 cm³/mol. The number of hydrogen-bond donors (Lipinski definition) is 1. The molecule has 2 rings (SSSR count). The van der Waals surface area contributed by atoms with Crippen LogP contribution in [0.4, 0.5) is 10.2 Å². The second-order valence-corrected chi connectivity index (χ2v) is 3.89. The standard InChI is InChI=1S/C13H14FN3O3/c1-3-20-13(18)9-7-16-17(12(9)15)11-6-8(19-2)4-5-10(11)14/h4-7H,3,15H2,1-2H3. The molecular formula is C13H14FN3O3. The Balaban J connectivity index is 2.46. The van der Waals surface area contributed by atoms with Crippen LogP contribution in [0.2, 0.25) is 0 Å². The molecule has 0 amide bonds. The summed E-state index contributed by atoms with van der Waals surface area (Å²) in [5.74, 6) is -0.667. The Kier molecular flexibility index (Phi) is 3.88. The summed E-state index contributed by atoms with van der Waals surface area (Å²) in [5, 5.41) is 3.92. The summed E-state index contributed by atoms with van der Waals surface area (Å²) in [6, 6.07) is 4.15. The first kappa shape index (κ1) is 13.9. The Morgan fingerprint density at radius 2 is 2.25 bits per heavy atom. The van der Waals surface area contributed by atoms with Crippen LogP contribution in [0.1, 0.15) is 17.3 Å². The van der Waals surface area contributed by atoms with Crippen molar-refractivity contribution in [2.45, 2.75) is 6.92 Å². The van der Waals surface area contributed by atoms with E-state index in [-0.39, 0.29) is 23.7 Å². The van der Waals surface area contributed by atoms with Gasteiger partial charge in [0.05, 0.1) is 19.9 Å². The molecule has 0 bridgehead atoms. The van der Waals surface area contributed by atoms with Gasteiger partial charge in [-0.25, -0.2) is 13.9 Å². The highest BCUT2D eigenvalue weighted by atomic mass is 19.1. The lowest BCUT2D eigenvalue weighted by molar-refractivity contribution is 0.0527. The van der Waals surface area contributed by atoms with E-state index in [4.69, 9.17) is 15.2 Å². The zero-order chi connectivity index (χ0) is 14.7. The minimum Gasteiger partial charge on any atom is -0.497 e. The van der Waals surface area contributed by atoms with Crippen molar-refractivity contribution in [1.82, 2.24) is 9.78 Å². The lowest BCUT2D eigenvalue weighted by Crippen LogP contribution is -2.09. The van der Waals surface area contributed by atoms with E-state index in [0.717, 1.165) is 4.68 Å². The van der Waals surface area contributed by atoms with Crippen LogP contribution in [0.3, 0.4) is 0 Å². The van der Waals surface area contributed by atoms with E-state index in [9.17, 15) is 9.18 Å². The lowest BCUT2D eigenvalue weighted by Gasteiger charge is -2.08. The fourth-order valence-corrected chi connectivity index (χ4v) is 1.70. The lowest BCUT2D eigenvalue weighted by atomic mass is 10.2. The first-order valence-electron chi connectivity index (χ1n) is 5.93. The number of nitrogens with two attached hydrogens (primary N) is 1. The number of hydrogen-bond acceptors (Lipinski definition) is 5. The topological polar surface area (TPSA) is 79.4 Å². The average Bonchev–Trinajstić information content (AvgIpc) is 2.81. The quantitative estimate of drug-likeness (QED) is 0.863. The summed E-state index contributed by atoms with van der Waals surface area (Å²) in [5.41, 5.74) is 6.01. The molecule has 106 valence electrons. The van der Waals surface area contributed by atoms with Gasteiger partial charge in [-0.1, -0.05) is 0 Å². The number of ether oxygens (including phenoxy) is 2. The van der Waals surface area contributed by atoms with Crippen LogP contribution in [0.15, 0.2) is 24.4 Å². The van der Waals surface area contributed by atoms with Crippen molar-refractivity contribution in [2.24, 2.45) is 0 Å². The molecule has 0 saturated carbocycles. The Bertz CT molecular complexity index is 640. The fraction of sp³-hybridized carbons (Fsp3) is 0.231. The number of rotatable bonds is 4. The Morgan fingerprint density at radius 3 is 2.90 bits per heavy atom. The highest BCUT2D eigenvalue weighted by Gasteiger charge is 2.19. The zero-order valence-electron chi connectivity index (χ0n) is 11.1. The number of methoxy groups -OCH3 is 1. The van der Waals surface area contributed by atoms with Gasteiger partial charge in [-0.05, 0) is 19.1 Å². The van der Waals surface area contributed by atoms with Crippen LogP contribution >= 0.6 is 0 Å². The van der Waals surface area contributed by atoms with Crippen LogP contribution in [-0.2, 0) is 4.74 Å². The molecule has 0 atom stereocenters. The van der Waals surface area contributed by atoms with Gasteiger partial charge in [0.1, 0.15) is 28.6 Å². The molecule has 6 nitrogen and oxygen atoms in total. The smallest absolute Gasteiger partial charge is 0.343 e. The molecule has 1 heterocycles. The van der Waals surface area contributed by atoms with Crippen LogP contribution in [0.25, 0.3) is 5.69 Å². The van der Waals surface area contributed by atoms with Crippen LogP contribution in [-0.4, -0.2) is 29.5 Å². The second kappa shape index (κ2) is 5.60. The first-order chi connectivity index (χ1) is 9.58. The van der Waals surface area contributed by atoms with Crippen LogP contribution in [0.5, 0.6) is 5.75 Å². The van der Waals surface area contributed by atoms with E-state index in [2.05, 4.69) is 5.10 Å². The van der Waals surface area contributed by atoms with E-state index in [0.29, 0.717) is 5.75 Å². The van der Waals surface area contributed by atoms with Gasteiger partial charge in [0.15, 0.2) is 0 Å². The maximum Gasteiger partial charge on any atom is 0.343 e. The van der Waals surface area contributed by atoms with Crippen molar-refractivity contribution in [3.8, 4) is 11.4 Å². The van der Waals surface area contributed by atoms with E-state index >= 15 is 0 Å². The van der Waals surface area contributed by atoms with Gasteiger partial charge >= 0.3 is 5.97 Å². The van der Waals surface area contributed by atoms with Crippen molar-refractivity contribution < 1.29 is 18.7 Å². The van der Waals surface area contributed by atoms with E-state index in [1.807, 2.05) is 0 Å². The van der Waals surface area contributed by atoms with Crippen LogP contribution in [0, 0.1) is 5.82 Å². The molecular weight excluding hydrogens is 265 g/mol.